The zero-order valence-corrected chi connectivity index (χ0v) is 13.5. The summed E-state index contributed by atoms with van der Waals surface area (Å²) >= 11 is 0. The number of carbonyl (C=O) groups excluding carboxylic acids is 1. The van der Waals surface area contributed by atoms with E-state index in [0.717, 1.165) is 18.4 Å². The number of hydrogen-bond acceptors (Lipinski definition) is 3. The summed E-state index contributed by atoms with van der Waals surface area (Å²) < 4.78 is 0. The van der Waals surface area contributed by atoms with Gasteiger partial charge in [0.25, 0.3) is 0 Å². The third-order valence-electron chi connectivity index (χ3n) is 4.38. The van der Waals surface area contributed by atoms with Crippen molar-refractivity contribution in [3.63, 3.8) is 0 Å². The van der Waals surface area contributed by atoms with E-state index in [2.05, 4.69) is 19.9 Å². The monoisotopic (exact) mass is 299 g/mol. The van der Waals surface area contributed by atoms with Crippen LogP contribution in [0.2, 0.25) is 0 Å². The third kappa shape index (κ3) is 4.32. The van der Waals surface area contributed by atoms with Crippen LogP contribution in [0.15, 0.2) is 30.3 Å². The minimum absolute atomic E-state index is 0.144. The Morgan fingerprint density at radius 3 is 2.50 bits per heavy atom. The van der Waals surface area contributed by atoms with Gasteiger partial charge in [-0.15, -0.1) is 0 Å². The summed E-state index contributed by atoms with van der Waals surface area (Å²) in [5, 5.41) is 9.03. The van der Waals surface area contributed by atoms with Crippen molar-refractivity contribution in [3.05, 3.63) is 35.9 Å². The summed E-state index contributed by atoms with van der Waals surface area (Å²) in [7, 11) is 0. The fourth-order valence-electron chi connectivity index (χ4n) is 3.30. The molecular weight excluding hydrogens is 274 g/mol. The second-order valence-corrected chi connectivity index (χ2v) is 6.22. The molecule has 0 saturated carbocycles. The average Bonchev–Trinajstić information content (AvgIpc) is 2.48. The molecule has 0 bridgehead atoms. The molecule has 1 saturated heterocycles. The van der Waals surface area contributed by atoms with Gasteiger partial charge in [-0.3, -0.25) is 9.69 Å². The zero-order chi connectivity index (χ0) is 15.9. The van der Waals surface area contributed by atoms with Crippen LogP contribution >= 0.6 is 0 Å². The molecule has 0 unspecified atom stereocenters. The minimum Gasteiger partial charge on any atom is -0.336 e. The predicted octanol–water partition coefficient (Wildman–Crippen LogP) is 2.80. The lowest BCUT2D eigenvalue weighted by atomic mass is 9.97. The van der Waals surface area contributed by atoms with Gasteiger partial charge in [-0.25, -0.2) is 0 Å². The minimum atomic E-state index is 0.144. The van der Waals surface area contributed by atoms with Crippen molar-refractivity contribution in [2.45, 2.75) is 51.7 Å². The molecule has 1 fully saturated rings. The molecule has 22 heavy (non-hydrogen) atoms. The van der Waals surface area contributed by atoms with Gasteiger partial charge in [-0.2, -0.15) is 5.26 Å². The molecule has 4 nitrogen and oxygen atoms in total. The molecule has 1 heterocycles. The SMILES string of the molecule is C[C@H]1CCC[C@H](C)N1C(=O)CN(CC#N)Cc1ccccc1. The Balaban J connectivity index is 2.00. The normalized spacial score (nSPS) is 21.6. The van der Waals surface area contributed by atoms with Gasteiger partial charge in [-0.05, 0) is 38.7 Å². The van der Waals surface area contributed by atoms with Gasteiger partial charge < -0.3 is 4.90 Å². The van der Waals surface area contributed by atoms with Crippen LogP contribution in [0.3, 0.4) is 0 Å². The maximum atomic E-state index is 12.7. The molecule has 0 N–H and O–H groups in total. The van der Waals surface area contributed by atoms with E-state index < -0.39 is 0 Å². The van der Waals surface area contributed by atoms with Crippen LogP contribution in [0.1, 0.15) is 38.7 Å². The molecule has 1 aliphatic heterocycles. The molecule has 0 aromatic heterocycles. The van der Waals surface area contributed by atoms with Crippen molar-refractivity contribution >= 4 is 5.91 Å². The molecular formula is C18H25N3O. The Morgan fingerprint density at radius 1 is 1.27 bits per heavy atom. The first-order chi connectivity index (χ1) is 10.6. The quantitative estimate of drug-likeness (QED) is 0.786. The van der Waals surface area contributed by atoms with Crippen LogP contribution in [0.5, 0.6) is 0 Å². The van der Waals surface area contributed by atoms with Gasteiger partial charge in [-0.1, -0.05) is 30.3 Å². The highest BCUT2D eigenvalue weighted by atomic mass is 16.2. The third-order valence-corrected chi connectivity index (χ3v) is 4.38. The van der Waals surface area contributed by atoms with Crippen LogP contribution in [-0.2, 0) is 11.3 Å². The molecule has 0 spiro atoms. The number of hydrogen-bond donors (Lipinski definition) is 0. The highest BCUT2D eigenvalue weighted by Gasteiger charge is 2.29. The first-order valence-corrected chi connectivity index (χ1v) is 8.06. The molecule has 2 rings (SSSR count). The molecule has 0 radical (unpaired) electrons. The first-order valence-electron chi connectivity index (χ1n) is 8.06. The summed E-state index contributed by atoms with van der Waals surface area (Å²) in [5.74, 6) is 0.144. The molecule has 1 aromatic rings. The van der Waals surface area contributed by atoms with Gasteiger partial charge >= 0.3 is 0 Å². The number of nitrogens with zero attached hydrogens (tertiary/aromatic N) is 3. The van der Waals surface area contributed by atoms with Crippen LogP contribution in [0.4, 0.5) is 0 Å². The summed E-state index contributed by atoms with van der Waals surface area (Å²) in [4.78, 5) is 16.6. The number of likely N-dealkylation sites (tertiary alicyclic amines) is 1. The highest BCUT2D eigenvalue weighted by molar-refractivity contribution is 5.79. The number of benzene rings is 1. The number of nitriles is 1. The second-order valence-electron chi connectivity index (χ2n) is 6.22. The Bertz CT molecular complexity index is 513. The molecule has 1 amide bonds. The van der Waals surface area contributed by atoms with Crippen molar-refractivity contribution < 1.29 is 4.79 Å². The Hall–Kier alpha value is -1.86. The van der Waals surface area contributed by atoms with Crippen LogP contribution < -0.4 is 0 Å². The van der Waals surface area contributed by atoms with E-state index in [1.807, 2.05) is 40.1 Å². The number of piperidine rings is 1. The van der Waals surface area contributed by atoms with Crippen molar-refractivity contribution in [2.75, 3.05) is 13.1 Å². The van der Waals surface area contributed by atoms with E-state index in [4.69, 9.17) is 5.26 Å². The first kappa shape index (κ1) is 16.5. The van der Waals surface area contributed by atoms with Crippen molar-refractivity contribution in [3.8, 4) is 6.07 Å². The van der Waals surface area contributed by atoms with E-state index >= 15 is 0 Å². The summed E-state index contributed by atoms with van der Waals surface area (Å²) in [6, 6.07) is 12.8. The fraction of sp³-hybridized carbons (Fsp3) is 0.556. The molecule has 1 aliphatic rings. The van der Waals surface area contributed by atoms with E-state index in [-0.39, 0.29) is 12.5 Å². The smallest absolute Gasteiger partial charge is 0.237 e. The zero-order valence-electron chi connectivity index (χ0n) is 13.5. The van der Waals surface area contributed by atoms with Crippen molar-refractivity contribution in [1.82, 2.24) is 9.80 Å². The van der Waals surface area contributed by atoms with Crippen molar-refractivity contribution in [2.24, 2.45) is 0 Å². The molecule has 118 valence electrons. The predicted molar refractivity (Wildman–Crippen MR) is 87.0 cm³/mol. The number of carbonyl (C=O) groups is 1. The average molecular weight is 299 g/mol. The van der Waals surface area contributed by atoms with Gasteiger partial charge in [0.15, 0.2) is 0 Å². The van der Waals surface area contributed by atoms with E-state index in [9.17, 15) is 4.79 Å². The lowest BCUT2D eigenvalue weighted by Crippen LogP contribution is -2.51. The molecule has 0 aliphatic carbocycles. The maximum Gasteiger partial charge on any atom is 0.237 e. The maximum absolute atomic E-state index is 12.7. The van der Waals surface area contributed by atoms with Crippen LogP contribution in [-0.4, -0.2) is 40.9 Å². The van der Waals surface area contributed by atoms with Crippen molar-refractivity contribution in [1.29, 1.82) is 5.26 Å². The topological polar surface area (TPSA) is 47.3 Å². The van der Waals surface area contributed by atoms with E-state index in [1.165, 1.54) is 6.42 Å². The summed E-state index contributed by atoms with van der Waals surface area (Å²) in [6.07, 6.45) is 3.35. The Labute approximate surface area is 133 Å². The summed E-state index contributed by atoms with van der Waals surface area (Å²) in [6.45, 7) is 5.48. The van der Waals surface area contributed by atoms with E-state index in [1.54, 1.807) is 0 Å². The lowest BCUT2D eigenvalue weighted by molar-refractivity contribution is -0.138. The van der Waals surface area contributed by atoms with E-state index in [0.29, 0.717) is 25.2 Å². The second kappa shape index (κ2) is 7.95. The van der Waals surface area contributed by atoms with Gasteiger partial charge in [0, 0.05) is 18.6 Å². The number of amides is 1. The van der Waals surface area contributed by atoms with Crippen LogP contribution in [0.25, 0.3) is 0 Å². The molecule has 2 atom stereocenters. The van der Waals surface area contributed by atoms with Gasteiger partial charge in [0.2, 0.25) is 5.91 Å². The fourth-order valence-corrected chi connectivity index (χ4v) is 3.30. The highest BCUT2D eigenvalue weighted by Crippen LogP contribution is 2.22. The Morgan fingerprint density at radius 2 is 1.91 bits per heavy atom. The largest absolute Gasteiger partial charge is 0.336 e. The standard InChI is InChI=1S/C18H25N3O/c1-15-7-6-8-16(2)21(15)18(22)14-20(12-11-19)13-17-9-4-3-5-10-17/h3-5,9-10,15-16H,6-8,12-14H2,1-2H3/t15-,16-/m0/s1. The van der Waals surface area contributed by atoms with Gasteiger partial charge in [0.05, 0.1) is 19.2 Å². The van der Waals surface area contributed by atoms with Crippen LogP contribution in [0, 0.1) is 11.3 Å². The Kier molecular flexibility index (Phi) is 5.97. The number of rotatable bonds is 5. The molecule has 1 aromatic carbocycles. The summed E-state index contributed by atoms with van der Waals surface area (Å²) in [5.41, 5.74) is 1.13. The van der Waals surface area contributed by atoms with Gasteiger partial charge in [0.1, 0.15) is 0 Å². The lowest BCUT2D eigenvalue weighted by Gasteiger charge is -2.40. The molecule has 4 heteroatoms.